The predicted octanol–water partition coefficient (Wildman–Crippen LogP) is 1.83. The second-order valence-electron chi connectivity index (χ2n) is 5.66. The first kappa shape index (κ1) is 18.2. The van der Waals surface area contributed by atoms with Gasteiger partial charge in [-0.15, -0.1) is 0 Å². The largest absolute Gasteiger partial charge is 0.508 e. The third-order valence-corrected chi connectivity index (χ3v) is 5.28. The topological polar surface area (TPSA) is 103 Å². The third-order valence-electron chi connectivity index (χ3n) is 3.74. The van der Waals surface area contributed by atoms with E-state index >= 15 is 0 Å². The molecule has 3 N–H and O–H groups in total. The van der Waals surface area contributed by atoms with Crippen molar-refractivity contribution in [2.24, 2.45) is 5.10 Å². The summed E-state index contributed by atoms with van der Waals surface area (Å²) in [6.45, 7) is 1.51. The van der Waals surface area contributed by atoms with Crippen LogP contribution in [-0.2, 0) is 14.9 Å². The van der Waals surface area contributed by atoms with Crippen molar-refractivity contribution in [2.45, 2.75) is 0 Å². The van der Waals surface area contributed by atoms with Gasteiger partial charge in [0.15, 0.2) is 0 Å². The van der Waals surface area contributed by atoms with Gasteiger partial charge in [0.2, 0.25) is 0 Å². The van der Waals surface area contributed by atoms with E-state index in [1.807, 2.05) is 0 Å². The Balaban J connectivity index is 1.57. The van der Waals surface area contributed by atoms with Crippen molar-refractivity contribution >= 4 is 27.8 Å². The fourth-order valence-corrected chi connectivity index (χ4v) is 3.55. The van der Waals surface area contributed by atoms with E-state index in [1.165, 1.54) is 4.31 Å². The van der Waals surface area contributed by atoms with E-state index in [9.17, 15) is 13.5 Å². The average molecular weight is 376 g/mol. The molecular formula is C17H20N4O4S. The summed E-state index contributed by atoms with van der Waals surface area (Å²) in [6.07, 6.45) is 1.62. The summed E-state index contributed by atoms with van der Waals surface area (Å²) < 4.78 is 33.7. The number of aromatic hydroxyl groups is 1. The van der Waals surface area contributed by atoms with E-state index in [2.05, 4.69) is 15.2 Å². The highest BCUT2D eigenvalue weighted by molar-refractivity contribution is 7.90. The first-order valence-corrected chi connectivity index (χ1v) is 9.51. The quantitative estimate of drug-likeness (QED) is 0.527. The molecule has 1 aliphatic rings. The first-order valence-electron chi connectivity index (χ1n) is 8.07. The van der Waals surface area contributed by atoms with Gasteiger partial charge in [-0.25, -0.2) is 0 Å². The Morgan fingerprint density at radius 1 is 1.00 bits per heavy atom. The molecule has 0 aliphatic carbocycles. The van der Waals surface area contributed by atoms with Gasteiger partial charge in [-0.3, -0.25) is 10.1 Å². The molecule has 9 heteroatoms. The zero-order chi connectivity index (χ0) is 18.4. The van der Waals surface area contributed by atoms with E-state index in [4.69, 9.17) is 4.74 Å². The zero-order valence-electron chi connectivity index (χ0n) is 14.0. The molecule has 0 saturated carbocycles. The molecule has 0 amide bonds. The lowest BCUT2D eigenvalue weighted by Crippen LogP contribution is -2.43. The van der Waals surface area contributed by atoms with E-state index in [0.29, 0.717) is 37.7 Å². The number of rotatable bonds is 6. The summed E-state index contributed by atoms with van der Waals surface area (Å²) in [4.78, 5) is 0. The van der Waals surface area contributed by atoms with Gasteiger partial charge in [0.05, 0.1) is 25.1 Å². The summed E-state index contributed by atoms with van der Waals surface area (Å²) in [5, 5.41) is 13.3. The summed E-state index contributed by atoms with van der Waals surface area (Å²) in [5.74, 6) is 0.199. The minimum Gasteiger partial charge on any atom is -0.508 e. The number of hydrazone groups is 1. The van der Waals surface area contributed by atoms with Gasteiger partial charge in [-0.2, -0.15) is 17.8 Å². The molecule has 26 heavy (non-hydrogen) atoms. The lowest BCUT2D eigenvalue weighted by Gasteiger charge is -2.26. The Kier molecular flexibility index (Phi) is 5.71. The third kappa shape index (κ3) is 4.94. The molecule has 1 heterocycles. The molecular weight excluding hydrogens is 356 g/mol. The molecule has 0 bridgehead atoms. The number of phenols is 1. The van der Waals surface area contributed by atoms with Gasteiger partial charge in [-0.1, -0.05) is 0 Å². The maximum Gasteiger partial charge on any atom is 0.301 e. The summed E-state index contributed by atoms with van der Waals surface area (Å²) in [5.41, 5.74) is 4.90. The number of hydrogen-bond donors (Lipinski definition) is 3. The highest BCUT2D eigenvalue weighted by Crippen LogP contribution is 2.17. The number of ether oxygens (including phenoxy) is 1. The minimum absolute atomic E-state index is 0.199. The number of anilines is 2. The lowest BCUT2D eigenvalue weighted by molar-refractivity contribution is 0.0733. The van der Waals surface area contributed by atoms with Crippen LogP contribution in [0.15, 0.2) is 53.6 Å². The van der Waals surface area contributed by atoms with Crippen LogP contribution in [0.2, 0.25) is 0 Å². The van der Waals surface area contributed by atoms with Crippen LogP contribution in [-0.4, -0.2) is 50.3 Å². The number of nitrogens with zero attached hydrogens (tertiary/aromatic N) is 2. The summed E-state index contributed by atoms with van der Waals surface area (Å²) >= 11 is 0. The van der Waals surface area contributed by atoms with Crippen LogP contribution in [0.1, 0.15) is 5.56 Å². The van der Waals surface area contributed by atoms with Gasteiger partial charge in [-0.05, 0) is 54.1 Å². The SMILES string of the molecule is O=S(=O)(Nc1ccc(N/N=C/c2ccc(O)cc2)cc1)N1CCOCC1. The zero-order valence-corrected chi connectivity index (χ0v) is 14.8. The standard InChI is InChI=1S/C17H20N4O4S/c22-17-7-1-14(2-8-17)13-18-19-15-3-5-16(6-4-15)20-26(23,24)21-9-11-25-12-10-21/h1-8,13,19-20,22H,9-12H2/b18-13+. The monoisotopic (exact) mass is 376 g/mol. The predicted molar refractivity (Wildman–Crippen MR) is 101 cm³/mol. The molecule has 2 aromatic rings. The molecule has 0 atom stereocenters. The maximum absolute atomic E-state index is 12.3. The molecule has 138 valence electrons. The molecule has 2 aromatic carbocycles. The number of hydrogen-bond acceptors (Lipinski definition) is 6. The molecule has 1 fully saturated rings. The van der Waals surface area contributed by atoms with E-state index in [1.54, 1.807) is 54.7 Å². The first-order chi connectivity index (χ1) is 12.5. The van der Waals surface area contributed by atoms with Crippen LogP contribution in [0.25, 0.3) is 0 Å². The minimum atomic E-state index is -3.57. The van der Waals surface area contributed by atoms with Crippen molar-refractivity contribution in [1.82, 2.24) is 4.31 Å². The summed E-state index contributed by atoms with van der Waals surface area (Å²) in [7, 11) is -3.57. The Bertz CT molecular complexity index is 845. The second kappa shape index (κ2) is 8.17. The van der Waals surface area contributed by atoms with Gasteiger partial charge >= 0.3 is 10.2 Å². The van der Waals surface area contributed by atoms with Crippen molar-refractivity contribution < 1.29 is 18.3 Å². The Labute approximate surface area is 152 Å². The number of morpholine rings is 1. The van der Waals surface area contributed by atoms with Crippen LogP contribution in [0.3, 0.4) is 0 Å². The molecule has 0 unspecified atom stereocenters. The lowest BCUT2D eigenvalue weighted by atomic mass is 10.2. The van der Waals surface area contributed by atoms with Crippen molar-refractivity contribution in [3.8, 4) is 5.75 Å². The second-order valence-corrected chi connectivity index (χ2v) is 7.33. The smallest absolute Gasteiger partial charge is 0.301 e. The molecule has 0 spiro atoms. The molecule has 0 aromatic heterocycles. The van der Waals surface area contributed by atoms with Crippen molar-refractivity contribution in [3.05, 3.63) is 54.1 Å². The van der Waals surface area contributed by atoms with Gasteiger partial charge in [0, 0.05) is 18.8 Å². The molecule has 1 aliphatic heterocycles. The molecule has 0 radical (unpaired) electrons. The Morgan fingerprint density at radius 3 is 2.27 bits per heavy atom. The van der Waals surface area contributed by atoms with Crippen LogP contribution in [0.4, 0.5) is 11.4 Å². The van der Waals surface area contributed by atoms with Crippen molar-refractivity contribution in [2.75, 3.05) is 36.5 Å². The van der Waals surface area contributed by atoms with E-state index in [-0.39, 0.29) is 5.75 Å². The molecule has 1 saturated heterocycles. The van der Waals surface area contributed by atoms with Gasteiger partial charge < -0.3 is 9.84 Å². The van der Waals surface area contributed by atoms with E-state index in [0.717, 1.165) is 5.56 Å². The highest BCUT2D eigenvalue weighted by Gasteiger charge is 2.23. The molecule has 3 rings (SSSR count). The highest BCUT2D eigenvalue weighted by atomic mass is 32.2. The summed E-state index contributed by atoms with van der Waals surface area (Å²) in [6, 6.07) is 13.4. The van der Waals surface area contributed by atoms with Crippen LogP contribution >= 0.6 is 0 Å². The number of nitrogens with one attached hydrogen (secondary N) is 2. The maximum atomic E-state index is 12.3. The van der Waals surface area contributed by atoms with E-state index < -0.39 is 10.2 Å². The van der Waals surface area contributed by atoms with Crippen LogP contribution in [0, 0.1) is 0 Å². The Morgan fingerprint density at radius 2 is 1.62 bits per heavy atom. The van der Waals surface area contributed by atoms with Crippen molar-refractivity contribution in [3.63, 3.8) is 0 Å². The number of phenolic OH excluding ortho intramolecular Hbond substituents is 1. The average Bonchev–Trinajstić information content (AvgIpc) is 2.65. The van der Waals surface area contributed by atoms with Crippen LogP contribution < -0.4 is 10.1 Å². The fraction of sp³-hybridized carbons (Fsp3) is 0.235. The molecule has 8 nitrogen and oxygen atoms in total. The number of benzene rings is 2. The fourth-order valence-electron chi connectivity index (χ4n) is 2.35. The van der Waals surface area contributed by atoms with Gasteiger partial charge in [0.1, 0.15) is 5.75 Å². The van der Waals surface area contributed by atoms with Crippen molar-refractivity contribution in [1.29, 1.82) is 0 Å². The van der Waals surface area contributed by atoms with Crippen LogP contribution in [0.5, 0.6) is 5.75 Å². The van der Waals surface area contributed by atoms with Gasteiger partial charge in [0.25, 0.3) is 0 Å². The Hall–Kier alpha value is -2.62. The normalized spacial score (nSPS) is 15.8.